The van der Waals surface area contributed by atoms with Crippen LogP contribution in [0.25, 0.3) is 0 Å². The summed E-state index contributed by atoms with van der Waals surface area (Å²) in [6.07, 6.45) is 4.90. The van der Waals surface area contributed by atoms with Crippen molar-refractivity contribution in [3.8, 4) is 0 Å². The molecule has 4 aliphatic carbocycles. The Balaban J connectivity index is 1.93. The topological polar surface area (TPSA) is 93.0 Å². The Morgan fingerprint density at radius 2 is 1.78 bits per heavy atom. The van der Waals surface area contributed by atoms with Crippen LogP contribution in [0.4, 0.5) is 0 Å². The summed E-state index contributed by atoms with van der Waals surface area (Å²) in [4.78, 5) is 35.1. The third-order valence-electron chi connectivity index (χ3n) is 6.13. The highest BCUT2D eigenvalue weighted by molar-refractivity contribution is 7.99. The highest BCUT2D eigenvalue weighted by atomic mass is 32.2. The minimum absolute atomic E-state index is 0.164. The highest BCUT2D eigenvalue weighted by Gasteiger charge is 2.63. The van der Waals surface area contributed by atoms with Gasteiger partial charge in [0.25, 0.3) is 0 Å². The van der Waals surface area contributed by atoms with Gasteiger partial charge in [0.2, 0.25) is 0 Å². The Morgan fingerprint density at radius 1 is 1.22 bits per heavy atom. The third-order valence-corrected chi connectivity index (χ3v) is 7.47. The number of nitrogens with zero attached hydrogens (tertiary/aromatic N) is 1. The van der Waals surface area contributed by atoms with Crippen molar-refractivity contribution in [2.45, 2.75) is 50.2 Å². The Labute approximate surface area is 139 Å². The first kappa shape index (κ1) is 16.7. The van der Waals surface area contributed by atoms with Gasteiger partial charge in [-0.15, -0.1) is 4.91 Å². The van der Waals surface area contributed by atoms with E-state index in [1.54, 1.807) is 6.92 Å². The number of carbonyl (C=O) groups is 2. The maximum atomic E-state index is 12.0. The summed E-state index contributed by atoms with van der Waals surface area (Å²) < 4.78 is 7.29. The van der Waals surface area contributed by atoms with Gasteiger partial charge in [0, 0.05) is 16.5 Å². The molecule has 0 amide bonds. The molecule has 4 bridgehead atoms. The number of esters is 1. The molecule has 4 rings (SSSR count). The Kier molecular flexibility index (Phi) is 4.67. The number of aliphatic carboxylic acids is 1. The lowest BCUT2D eigenvalue weighted by molar-refractivity contribution is -0.157. The van der Waals surface area contributed by atoms with E-state index in [0.29, 0.717) is 11.8 Å². The average Bonchev–Trinajstić information content (AvgIpc) is 2.48. The molecule has 0 aromatic rings. The molecule has 1 atom stereocenters. The van der Waals surface area contributed by atoms with E-state index in [4.69, 9.17) is 4.74 Å². The van der Waals surface area contributed by atoms with Crippen molar-refractivity contribution >= 4 is 23.9 Å². The van der Waals surface area contributed by atoms with Crippen molar-refractivity contribution in [3.63, 3.8) is 0 Å². The fourth-order valence-corrected chi connectivity index (χ4v) is 6.72. The van der Waals surface area contributed by atoms with E-state index in [9.17, 15) is 19.6 Å². The van der Waals surface area contributed by atoms with Gasteiger partial charge in [0.15, 0.2) is 0 Å². The lowest BCUT2D eigenvalue weighted by Gasteiger charge is -2.61. The second-order valence-electron chi connectivity index (χ2n) is 7.22. The Morgan fingerprint density at radius 3 is 2.22 bits per heavy atom. The lowest BCUT2D eigenvalue weighted by atomic mass is 9.49. The standard InChI is InChI=1S/C16H23NO5S/c1-2-22-14(18)8-13(15(19)20)16(23-17-21)11-4-9-3-10(6-11)7-12(16)5-9/h9-13H,2-8H2,1H3,(H,19,20). The molecule has 1 unspecified atom stereocenters. The maximum absolute atomic E-state index is 12.0. The van der Waals surface area contributed by atoms with Gasteiger partial charge in [-0.2, -0.15) is 0 Å². The van der Waals surface area contributed by atoms with Crippen LogP contribution in [0.3, 0.4) is 0 Å². The molecule has 7 heteroatoms. The van der Waals surface area contributed by atoms with Gasteiger partial charge in [0.05, 0.1) is 23.7 Å². The van der Waals surface area contributed by atoms with Crippen LogP contribution in [0.5, 0.6) is 0 Å². The molecule has 4 fully saturated rings. The molecule has 0 aliphatic heterocycles. The second kappa shape index (κ2) is 6.42. The summed E-state index contributed by atoms with van der Waals surface area (Å²) in [5.41, 5.74) is 0. The van der Waals surface area contributed by atoms with Crippen molar-refractivity contribution in [2.75, 3.05) is 6.61 Å². The van der Waals surface area contributed by atoms with E-state index in [0.717, 1.165) is 37.6 Å². The number of carboxylic acids is 1. The normalized spacial score (nSPS) is 39.0. The van der Waals surface area contributed by atoms with Crippen LogP contribution in [0.2, 0.25) is 0 Å². The van der Waals surface area contributed by atoms with Gasteiger partial charge in [-0.3, -0.25) is 9.59 Å². The zero-order valence-electron chi connectivity index (χ0n) is 13.3. The number of carboxylic acid groups (broad SMARTS) is 1. The molecule has 1 N–H and O–H groups in total. The molecule has 4 saturated carbocycles. The number of nitroso groups, excluding NO2 is 1. The SMILES string of the molecule is CCOC(=O)CC(C(=O)O)C1(SN=O)C2CC3CC(C2)CC1C3. The van der Waals surface area contributed by atoms with Crippen LogP contribution in [0.15, 0.2) is 4.58 Å². The lowest BCUT2D eigenvalue weighted by Crippen LogP contribution is -2.61. The van der Waals surface area contributed by atoms with Gasteiger partial charge < -0.3 is 9.84 Å². The molecule has 128 valence electrons. The first-order valence-corrected chi connectivity index (χ1v) is 9.17. The molecule has 23 heavy (non-hydrogen) atoms. The summed E-state index contributed by atoms with van der Waals surface area (Å²) in [5, 5.41) is 9.80. The van der Waals surface area contributed by atoms with Crippen LogP contribution in [0, 0.1) is 34.5 Å². The predicted molar refractivity (Wildman–Crippen MR) is 85.5 cm³/mol. The summed E-state index contributed by atoms with van der Waals surface area (Å²) >= 11 is 0.892. The number of rotatable bonds is 7. The van der Waals surface area contributed by atoms with Gasteiger partial charge in [-0.25, -0.2) is 0 Å². The summed E-state index contributed by atoms with van der Waals surface area (Å²) in [7, 11) is 0. The van der Waals surface area contributed by atoms with Crippen molar-refractivity contribution in [1.29, 1.82) is 0 Å². The Hall–Kier alpha value is -1.11. The molecule has 0 heterocycles. The van der Waals surface area contributed by atoms with E-state index in [1.807, 2.05) is 0 Å². The number of hydrogen-bond donors (Lipinski definition) is 1. The van der Waals surface area contributed by atoms with Crippen LogP contribution >= 0.6 is 11.9 Å². The fourth-order valence-electron chi connectivity index (χ4n) is 5.59. The minimum Gasteiger partial charge on any atom is -0.481 e. The zero-order chi connectivity index (χ0) is 16.6. The molecule has 0 aromatic carbocycles. The zero-order valence-corrected chi connectivity index (χ0v) is 14.1. The maximum Gasteiger partial charge on any atom is 0.308 e. The first-order chi connectivity index (χ1) is 11.0. The molecule has 4 aliphatic rings. The van der Waals surface area contributed by atoms with Crippen molar-refractivity contribution in [3.05, 3.63) is 4.91 Å². The molecular formula is C16H23NO5S. The fraction of sp³-hybridized carbons (Fsp3) is 0.875. The van der Waals surface area contributed by atoms with Crippen LogP contribution in [-0.2, 0) is 14.3 Å². The van der Waals surface area contributed by atoms with E-state index >= 15 is 0 Å². The quantitative estimate of drug-likeness (QED) is 0.434. The monoisotopic (exact) mass is 341 g/mol. The molecular weight excluding hydrogens is 318 g/mol. The molecule has 0 aromatic heterocycles. The highest BCUT2D eigenvalue weighted by Crippen LogP contribution is 2.65. The van der Waals surface area contributed by atoms with Gasteiger partial charge in [-0.05, 0) is 62.7 Å². The van der Waals surface area contributed by atoms with E-state index in [2.05, 4.69) is 4.58 Å². The molecule has 0 saturated heterocycles. The first-order valence-electron chi connectivity index (χ1n) is 8.40. The second-order valence-corrected chi connectivity index (χ2v) is 8.26. The van der Waals surface area contributed by atoms with Crippen molar-refractivity contribution < 1.29 is 19.4 Å². The van der Waals surface area contributed by atoms with Gasteiger partial charge in [0.1, 0.15) is 0 Å². The van der Waals surface area contributed by atoms with Crippen LogP contribution < -0.4 is 0 Å². The minimum atomic E-state index is -1.01. The summed E-state index contributed by atoms with van der Waals surface area (Å²) in [6.45, 7) is 1.93. The van der Waals surface area contributed by atoms with E-state index in [1.165, 1.54) is 6.42 Å². The molecule has 0 spiro atoms. The van der Waals surface area contributed by atoms with Crippen LogP contribution in [0.1, 0.15) is 45.4 Å². The van der Waals surface area contributed by atoms with Crippen LogP contribution in [-0.4, -0.2) is 28.4 Å². The Bertz CT molecular complexity index is 481. The van der Waals surface area contributed by atoms with Crippen molar-refractivity contribution in [2.24, 2.45) is 34.2 Å². The number of ether oxygens (including phenoxy) is 1. The van der Waals surface area contributed by atoms with Gasteiger partial charge in [-0.1, -0.05) is 0 Å². The van der Waals surface area contributed by atoms with E-state index < -0.39 is 22.6 Å². The largest absolute Gasteiger partial charge is 0.481 e. The average molecular weight is 341 g/mol. The number of hydrogen-bond acceptors (Lipinski definition) is 6. The number of carbonyl (C=O) groups excluding carboxylic acids is 1. The summed E-state index contributed by atoms with van der Waals surface area (Å²) in [6, 6.07) is 0. The molecule has 6 nitrogen and oxygen atoms in total. The van der Waals surface area contributed by atoms with Crippen molar-refractivity contribution in [1.82, 2.24) is 0 Å². The summed E-state index contributed by atoms with van der Waals surface area (Å²) in [5.74, 6) is -0.792. The van der Waals surface area contributed by atoms with E-state index in [-0.39, 0.29) is 24.9 Å². The molecule has 0 radical (unpaired) electrons. The predicted octanol–water partition coefficient (Wildman–Crippen LogP) is 3.25. The smallest absolute Gasteiger partial charge is 0.308 e. The van der Waals surface area contributed by atoms with Gasteiger partial charge >= 0.3 is 11.9 Å². The third kappa shape index (κ3) is 2.77.